The second-order valence-corrected chi connectivity index (χ2v) is 6.75. The first-order chi connectivity index (χ1) is 9.96. The van der Waals surface area contributed by atoms with Gasteiger partial charge in [0.2, 0.25) is 0 Å². The number of aryl methyl sites for hydroxylation is 1. The Balaban J connectivity index is 2.28. The molecular formula is C20H24O. The molecule has 0 fully saturated rings. The first kappa shape index (κ1) is 14.2. The van der Waals surface area contributed by atoms with Gasteiger partial charge in [-0.1, -0.05) is 71.0 Å². The molecule has 0 saturated carbocycles. The summed E-state index contributed by atoms with van der Waals surface area (Å²) < 4.78 is 6.43. The van der Waals surface area contributed by atoms with Gasteiger partial charge >= 0.3 is 0 Å². The third-order valence-electron chi connectivity index (χ3n) is 4.70. The first-order valence-electron chi connectivity index (χ1n) is 7.90. The Bertz CT molecular complexity index is 680. The summed E-state index contributed by atoms with van der Waals surface area (Å²) in [5, 5.41) is 0. The van der Waals surface area contributed by atoms with E-state index in [1.165, 1.54) is 22.3 Å². The molecule has 0 aromatic heterocycles. The van der Waals surface area contributed by atoms with Crippen molar-refractivity contribution < 1.29 is 4.74 Å². The molecule has 3 rings (SSSR count). The molecule has 0 aliphatic carbocycles. The van der Waals surface area contributed by atoms with Gasteiger partial charge in [0.1, 0.15) is 11.5 Å². The van der Waals surface area contributed by atoms with E-state index in [9.17, 15) is 0 Å². The van der Waals surface area contributed by atoms with E-state index in [4.69, 9.17) is 4.74 Å². The van der Waals surface area contributed by atoms with Gasteiger partial charge in [0, 0.05) is 16.5 Å². The van der Waals surface area contributed by atoms with E-state index in [1.54, 1.807) is 0 Å². The molecule has 1 aliphatic rings. The molecule has 1 heterocycles. The molecule has 0 atom stereocenters. The molecule has 1 nitrogen and oxygen atoms in total. The van der Waals surface area contributed by atoms with Gasteiger partial charge in [0.25, 0.3) is 0 Å². The highest BCUT2D eigenvalue weighted by molar-refractivity contribution is 5.61. The maximum absolute atomic E-state index is 6.43. The number of hydrogen-bond donors (Lipinski definition) is 0. The third-order valence-corrected chi connectivity index (χ3v) is 4.70. The number of ether oxygens (including phenoxy) is 1. The van der Waals surface area contributed by atoms with Gasteiger partial charge in [-0.2, -0.15) is 0 Å². The highest BCUT2D eigenvalue weighted by atomic mass is 16.5. The maximum Gasteiger partial charge on any atom is 0.134 e. The van der Waals surface area contributed by atoms with Crippen LogP contribution in [0.3, 0.4) is 0 Å². The van der Waals surface area contributed by atoms with Crippen molar-refractivity contribution >= 4 is 0 Å². The van der Waals surface area contributed by atoms with Crippen LogP contribution in [0.25, 0.3) is 0 Å². The van der Waals surface area contributed by atoms with Gasteiger partial charge in [0.05, 0.1) is 0 Å². The zero-order valence-electron chi connectivity index (χ0n) is 13.7. The fourth-order valence-corrected chi connectivity index (χ4v) is 3.34. The van der Waals surface area contributed by atoms with Crippen molar-refractivity contribution in [1.82, 2.24) is 0 Å². The second-order valence-electron chi connectivity index (χ2n) is 6.75. The smallest absolute Gasteiger partial charge is 0.134 e. The molecular weight excluding hydrogens is 256 g/mol. The standard InChI is InChI=1S/C20H24O/c1-6-14-9-7-11-16-18(14)21-19-15(13(2)3)10-8-12-17(19)20(16,4)5/h7-13H,6H2,1-5H3. The second kappa shape index (κ2) is 4.91. The monoisotopic (exact) mass is 280 g/mol. The van der Waals surface area contributed by atoms with Crippen molar-refractivity contribution in [3.8, 4) is 11.5 Å². The highest BCUT2D eigenvalue weighted by Crippen LogP contribution is 2.51. The van der Waals surface area contributed by atoms with Crippen molar-refractivity contribution in [2.75, 3.05) is 0 Å². The summed E-state index contributed by atoms with van der Waals surface area (Å²) in [6.45, 7) is 11.3. The van der Waals surface area contributed by atoms with Crippen LogP contribution >= 0.6 is 0 Å². The predicted molar refractivity (Wildman–Crippen MR) is 88.6 cm³/mol. The summed E-state index contributed by atoms with van der Waals surface area (Å²) in [7, 11) is 0. The molecule has 0 saturated heterocycles. The Kier molecular flexibility index (Phi) is 3.32. The molecule has 0 amide bonds. The Morgan fingerprint density at radius 2 is 1.57 bits per heavy atom. The van der Waals surface area contributed by atoms with Gasteiger partial charge < -0.3 is 4.74 Å². The lowest BCUT2D eigenvalue weighted by atomic mass is 9.74. The van der Waals surface area contributed by atoms with Crippen LogP contribution in [0.1, 0.15) is 62.8 Å². The number of para-hydroxylation sites is 2. The van der Waals surface area contributed by atoms with E-state index < -0.39 is 0 Å². The van der Waals surface area contributed by atoms with Crippen LogP contribution in [0, 0.1) is 0 Å². The number of hydrogen-bond acceptors (Lipinski definition) is 1. The van der Waals surface area contributed by atoms with E-state index in [1.807, 2.05) is 0 Å². The molecule has 0 N–H and O–H groups in total. The Hall–Kier alpha value is -1.76. The van der Waals surface area contributed by atoms with Crippen molar-refractivity contribution in [3.05, 3.63) is 58.7 Å². The van der Waals surface area contributed by atoms with Crippen molar-refractivity contribution in [1.29, 1.82) is 0 Å². The fourth-order valence-electron chi connectivity index (χ4n) is 3.34. The number of rotatable bonds is 2. The van der Waals surface area contributed by atoms with Crippen molar-refractivity contribution in [2.45, 2.75) is 52.4 Å². The molecule has 2 aromatic rings. The van der Waals surface area contributed by atoms with E-state index in [0.29, 0.717) is 5.92 Å². The van der Waals surface area contributed by atoms with Crippen LogP contribution in [0.2, 0.25) is 0 Å². The Morgan fingerprint density at radius 3 is 2.19 bits per heavy atom. The van der Waals surface area contributed by atoms with Crippen LogP contribution in [-0.2, 0) is 11.8 Å². The minimum Gasteiger partial charge on any atom is -0.456 e. The Labute approximate surface area is 128 Å². The minimum atomic E-state index is -0.0149. The largest absolute Gasteiger partial charge is 0.456 e. The zero-order valence-corrected chi connectivity index (χ0v) is 13.7. The lowest BCUT2D eigenvalue weighted by molar-refractivity contribution is 0.406. The third kappa shape index (κ3) is 2.07. The lowest BCUT2D eigenvalue weighted by Gasteiger charge is -2.37. The number of fused-ring (bicyclic) bond motifs is 2. The van der Waals surface area contributed by atoms with Crippen molar-refractivity contribution in [2.24, 2.45) is 0 Å². The predicted octanol–water partition coefficient (Wildman–Crippen LogP) is 5.80. The summed E-state index contributed by atoms with van der Waals surface area (Å²) in [6.07, 6.45) is 0.998. The topological polar surface area (TPSA) is 9.23 Å². The molecule has 0 bridgehead atoms. The van der Waals surface area contributed by atoms with Gasteiger partial charge in [-0.15, -0.1) is 0 Å². The highest BCUT2D eigenvalue weighted by Gasteiger charge is 2.36. The van der Waals surface area contributed by atoms with Crippen LogP contribution in [0.15, 0.2) is 36.4 Å². The van der Waals surface area contributed by atoms with Gasteiger partial charge in [-0.3, -0.25) is 0 Å². The molecule has 1 heteroatoms. The Morgan fingerprint density at radius 1 is 0.952 bits per heavy atom. The average Bonchev–Trinajstić information content (AvgIpc) is 2.46. The first-order valence-corrected chi connectivity index (χ1v) is 7.90. The van der Waals surface area contributed by atoms with Gasteiger partial charge in [-0.25, -0.2) is 0 Å². The summed E-state index contributed by atoms with van der Waals surface area (Å²) in [4.78, 5) is 0. The van der Waals surface area contributed by atoms with Gasteiger partial charge in [0.15, 0.2) is 0 Å². The maximum atomic E-state index is 6.43. The summed E-state index contributed by atoms with van der Waals surface area (Å²) in [5.74, 6) is 2.61. The SMILES string of the molecule is CCc1cccc2c1Oc1c(C(C)C)cccc1C2(C)C. The quantitative estimate of drug-likeness (QED) is 0.675. The summed E-state index contributed by atoms with van der Waals surface area (Å²) >= 11 is 0. The lowest BCUT2D eigenvalue weighted by Crippen LogP contribution is -2.25. The van der Waals surface area contributed by atoms with Gasteiger partial charge in [-0.05, 0) is 23.5 Å². The minimum absolute atomic E-state index is 0.0149. The summed E-state index contributed by atoms with van der Waals surface area (Å²) in [5.41, 5.74) is 5.19. The average molecular weight is 280 g/mol. The van der Waals surface area contributed by atoms with E-state index in [-0.39, 0.29) is 5.41 Å². The molecule has 110 valence electrons. The number of benzene rings is 2. The molecule has 0 radical (unpaired) electrons. The molecule has 2 aromatic carbocycles. The van der Waals surface area contributed by atoms with Crippen LogP contribution in [0.4, 0.5) is 0 Å². The van der Waals surface area contributed by atoms with Crippen LogP contribution < -0.4 is 4.74 Å². The van der Waals surface area contributed by atoms with Crippen molar-refractivity contribution in [3.63, 3.8) is 0 Å². The zero-order chi connectivity index (χ0) is 15.2. The molecule has 1 aliphatic heterocycles. The molecule has 0 unspecified atom stereocenters. The summed E-state index contributed by atoms with van der Waals surface area (Å²) in [6, 6.07) is 13.1. The fraction of sp³-hybridized carbons (Fsp3) is 0.400. The van der Waals surface area contributed by atoms with Crippen LogP contribution in [0.5, 0.6) is 11.5 Å². The molecule has 21 heavy (non-hydrogen) atoms. The van der Waals surface area contributed by atoms with E-state index >= 15 is 0 Å². The van der Waals surface area contributed by atoms with Crippen LogP contribution in [-0.4, -0.2) is 0 Å². The normalized spacial score (nSPS) is 15.3. The van der Waals surface area contributed by atoms with E-state index in [2.05, 4.69) is 71.0 Å². The molecule has 0 spiro atoms. The van der Waals surface area contributed by atoms with E-state index in [0.717, 1.165) is 17.9 Å².